The summed E-state index contributed by atoms with van der Waals surface area (Å²) < 4.78 is 0.0540. The van der Waals surface area contributed by atoms with Crippen molar-refractivity contribution in [1.82, 2.24) is 0 Å². The molecule has 1 saturated heterocycles. The molecule has 0 N–H and O–H groups in total. The van der Waals surface area contributed by atoms with E-state index >= 15 is 0 Å². The van der Waals surface area contributed by atoms with Gasteiger partial charge in [0.2, 0.25) is 0 Å². The van der Waals surface area contributed by atoms with E-state index in [1.807, 2.05) is 18.2 Å². The zero-order valence-corrected chi connectivity index (χ0v) is 9.30. The Hall–Kier alpha value is -0.760. The molecule has 0 amide bonds. The first-order chi connectivity index (χ1) is 6.59. The molecular weight excluding hydrogens is 192 g/mol. The lowest BCUT2D eigenvalue weighted by Gasteiger charge is -2.24. The Balaban J connectivity index is 2.32. The van der Waals surface area contributed by atoms with Gasteiger partial charge >= 0.3 is 0 Å². The summed E-state index contributed by atoms with van der Waals surface area (Å²) in [5.74, 6) is 0.376. The average molecular weight is 206 g/mol. The molecule has 14 heavy (non-hydrogen) atoms. The van der Waals surface area contributed by atoms with Crippen molar-refractivity contribution in [2.75, 3.05) is 0 Å². The highest BCUT2D eigenvalue weighted by Crippen LogP contribution is 2.48. The first-order valence-electron chi connectivity index (χ1n) is 4.86. The zero-order chi connectivity index (χ0) is 10.2. The fraction of sp³-hybridized carbons (Fsp3) is 0.417. The van der Waals surface area contributed by atoms with Gasteiger partial charge in [-0.2, -0.15) is 0 Å². The quantitative estimate of drug-likeness (QED) is 0.702. The highest BCUT2D eigenvalue weighted by molar-refractivity contribution is 8.15. The molecule has 0 radical (unpaired) electrons. The molecular formula is C12H14OS. The monoisotopic (exact) mass is 206 g/mol. The summed E-state index contributed by atoms with van der Waals surface area (Å²) in [6.07, 6.45) is 0.682. The van der Waals surface area contributed by atoms with Crippen LogP contribution in [0.3, 0.4) is 0 Å². The molecule has 74 valence electrons. The molecule has 1 atom stereocenters. The SMILES string of the molecule is CC1(C)SC(=O)CC1c1ccccc1. The lowest BCUT2D eigenvalue weighted by atomic mass is 9.86. The van der Waals surface area contributed by atoms with Crippen LogP contribution in [0.1, 0.15) is 31.7 Å². The number of hydrogen-bond donors (Lipinski definition) is 0. The van der Waals surface area contributed by atoms with Crippen LogP contribution in [-0.2, 0) is 4.79 Å². The predicted octanol–water partition coefficient (Wildman–Crippen LogP) is 3.21. The van der Waals surface area contributed by atoms with E-state index in [4.69, 9.17) is 0 Å². The van der Waals surface area contributed by atoms with Crippen molar-refractivity contribution in [1.29, 1.82) is 0 Å². The normalized spacial score (nSPS) is 25.3. The third-order valence-electron chi connectivity index (χ3n) is 2.79. The molecule has 2 rings (SSSR count). The molecule has 0 bridgehead atoms. The van der Waals surface area contributed by atoms with Crippen molar-refractivity contribution >= 4 is 16.9 Å². The smallest absolute Gasteiger partial charge is 0.190 e. The predicted molar refractivity (Wildman–Crippen MR) is 60.5 cm³/mol. The van der Waals surface area contributed by atoms with E-state index in [0.29, 0.717) is 17.5 Å². The highest BCUT2D eigenvalue weighted by atomic mass is 32.2. The van der Waals surface area contributed by atoms with Crippen LogP contribution < -0.4 is 0 Å². The largest absolute Gasteiger partial charge is 0.287 e. The molecule has 1 nitrogen and oxygen atoms in total. The van der Waals surface area contributed by atoms with Gasteiger partial charge in [0.25, 0.3) is 0 Å². The molecule has 0 aromatic heterocycles. The van der Waals surface area contributed by atoms with E-state index in [-0.39, 0.29) is 4.75 Å². The Kier molecular flexibility index (Phi) is 2.40. The van der Waals surface area contributed by atoms with E-state index in [9.17, 15) is 4.79 Å². The van der Waals surface area contributed by atoms with Crippen molar-refractivity contribution in [2.24, 2.45) is 0 Å². The number of rotatable bonds is 1. The summed E-state index contributed by atoms with van der Waals surface area (Å²) in [6.45, 7) is 4.31. The average Bonchev–Trinajstić information content (AvgIpc) is 2.41. The minimum absolute atomic E-state index is 0.0540. The van der Waals surface area contributed by atoms with E-state index < -0.39 is 0 Å². The van der Waals surface area contributed by atoms with Gasteiger partial charge in [-0.15, -0.1) is 0 Å². The van der Waals surface area contributed by atoms with E-state index in [0.717, 1.165) is 0 Å². The molecule has 1 aliphatic heterocycles. The van der Waals surface area contributed by atoms with E-state index in [1.54, 1.807) is 0 Å². The van der Waals surface area contributed by atoms with Crippen molar-refractivity contribution in [2.45, 2.75) is 30.9 Å². The van der Waals surface area contributed by atoms with Crippen molar-refractivity contribution in [3.05, 3.63) is 35.9 Å². The second-order valence-electron chi connectivity index (χ2n) is 4.24. The van der Waals surface area contributed by atoms with Gasteiger partial charge in [-0.1, -0.05) is 42.1 Å². The summed E-state index contributed by atoms with van der Waals surface area (Å²) >= 11 is 1.49. The Labute approximate surface area is 88.9 Å². The van der Waals surface area contributed by atoms with Gasteiger partial charge in [0.15, 0.2) is 5.12 Å². The Morgan fingerprint density at radius 1 is 1.29 bits per heavy atom. The molecule has 1 aromatic rings. The van der Waals surface area contributed by atoms with Gasteiger partial charge in [-0.05, 0) is 19.4 Å². The van der Waals surface area contributed by atoms with E-state index in [1.165, 1.54) is 17.3 Å². The standard InChI is InChI=1S/C12H14OS/c1-12(2)10(8-11(13)14-12)9-6-4-3-5-7-9/h3-7,10H,8H2,1-2H3. The molecule has 0 spiro atoms. The second-order valence-corrected chi connectivity index (χ2v) is 5.96. The van der Waals surface area contributed by atoms with Crippen LogP contribution in [0.25, 0.3) is 0 Å². The maximum Gasteiger partial charge on any atom is 0.190 e. The van der Waals surface area contributed by atoms with Crippen LogP contribution in [-0.4, -0.2) is 9.86 Å². The minimum Gasteiger partial charge on any atom is -0.287 e. The molecule has 2 heteroatoms. The molecule has 1 fully saturated rings. The number of hydrogen-bond acceptors (Lipinski definition) is 2. The van der Waals surface area contributed by atoms with Crippen LogP contribution in [0.4, 0.5) is 0 Å². The van der Waals surface area contributed by atoms with E-state index in [2.05, 4.69) is 26.0 Å². The maximum atomic E-state index is 11.4. The Morgan fingerprint density at radius 2 is 1.93 bits per heavy atom. The van der Waals surface area contributed by atoms with Crippen molar-refractivity contribution in [3.8, 4) is 0 Å². The molecule has 0 saturated carbocycles. The summed E-state index contributed by atoms with van der Waals surface area (Å²) in [5.41, 5.74) is 1.29. The number of benzene rings is 1. The molecule has 1 heterocycles. The van der Waals surface area contributed by atoms with Crippen LogP contribution >= 0.6 is 11.8 Å². The fourth-order valence-corrected chi connectivity index (χ4v) is 3.22. The highest BCUT2D eigenvalue weighted by Gasteiger charge is 2.41. The van der Waals surface area contributed by atoms with Gasteiger partial charge in [-0.25, -0.2) is 0 Å². The van der Waals surface area contributed by atoms with Crippen molar-refractivity contribution < 1.29 is 4.79 Å². The number of thioether (sulfide) groups is 1. The lowest BCUT2D eigenvalue weighted by Crippen LogP contribution is -2.19. The third kappa shape index (κ3) is 1.71. The summed E-state index contributed by atoms with van der Waals surface area (Å²) in [4.78, 5) is 11.4. The first kappa shape index (κ1) is 9.78. The Bertz CT molecular complexity index is 343. The first-order valence-corrected chi connectivity index (χ1v) is 5.68. The number of carbonyl (C=O) groups excluding carboxylic acids is 1. The van der Waals surface area contributed by atoms with Crippen LogP contribution in [0.5, 0.6) is 0 Å². The topological polar surface area (TPSA) is 17.1 Å². The van der Waals surface area contributed by atoms with Crippen LogP contribution in [0.2, 0.25) is 0 Å². The summed E-state index contributed by atoms with van der Waals surface area (Å²) in [7, 11) is 0. The van der Waals surface area contributed by atoms with Gasteiger partial charge < -0.3 is 0 Å². The summed E-state index contributed by atoms with van der Waals surface area (Å²) in [5, 5.41) is 0.323. The lowest BCUT2D eigenvalue weighted by molar-refractivity contribution is -0.110. The molecule has 0 aliphatic carbocycles. The van der Waals surface area contributed by atoms with Crippen LogP contribution in [0.15, 0.2) is 30.3 Å². The maximum absolute atomic E-state index is 11.4. The third-order valence-corrected chi connectivity index (χ3v) is 3.99. The molecule has 1 unspecified atom stereocenters. The molecule has 1 aromatic carbocycles. The zero-order valence-electron chi connectivity index (χ0n) is 8.49. The second kappa shape index (κ2) is 3.43. The Morgan fingerprint density at radius 3 is 2.43 bits per heavy atom. The summed E-state index contributed by atoms with van der Waals surface area (Å²) in [6, 6.07) is 10.3. The number of carbonyl (C=O) groups is 1. The van der Waals surface area contributed by atoms with Gasteiger partial charge in [0.1, 0.15) is 0 Å². The minimum atomic E-state index is 0.0540. The fourth-order valence-electron chi connectivity index (χ4n) is 2.02. The van der Waals surface area contributed by atoms with Crippen LogP contribution in [0, 0.1) is 0 Å². The van der Waals surface area contributed by atoms with Gasteiger partial charge in [-0.3, -0.25) is 4.79 Å². The van der Waals surface area contributed by atoms with Gasteiger partial charge in [0.05, 0.1) is 0 Å². The molecule has 1 aliphatic rings. The van der Waals surface area contributed by atoms with Gasteiger partial charge in [0, 0.05) is 17.1 Å². The van der Waals surface area contributed by atoms with Crippen molar-refractivity contribution in [3.63, 3.8) is 0 Å².